The van der Waals surface area contributed by atoms with Crippen molar-refractivity contribution in [2.24, 2.45) is 5.73 Å². The first-order valence-corrected chi connectivity index (χ1v) is 6.45. The summed E-state index contributed by atoms with van der Waals surface area (Å²) >= 11 is 0. The van der Waals surface area contributed by atoms with Gasteiger partial charge in [-0.25, -0.2) is 9.59 Å². The van der Waals surface area contributed by atoms with Gasteiger partial charge in [0.25, 0.3) is 5.69 Å². The number of hydrogen-bond acceptors (Lipinski definition) is 6. The number of aliphatic carboxylic acids is 1. The first-order chi connectivity index (χ1) is 9.95. The average molecular weight is 310 g/mol. The molecule has 0 spiro atoms. The number of nitrogens with two attached hydrogens (primary N) is 1. The van der Waals surface area contributed by atoms with E-state index in [1.807, 2.05) is 0 Å². The summed E-state index contributed by atoms with van der Waals surface area (Å²) in [6.07, 6.45) is -0.338. The zero-order valence-corrected chi connectivity index (χ0v) is 12.5. The molecule has 1 atom stereocenters. The molecule has 3 N–H and O–H groups in total. The third kappa shape index (κ3) is 4.26. The Morgan fingerprint density at radius 1 is 1.27 bits per heavy atom. The van der Waals surface area contributed by atoms with E-state index in [0.717, 1.165) is 0 Å². The lowest BCUT2D eigenvalue weighted by Gasteiger charge is -2.28. The zero-order valence-electron chi connectivity index (χ0n) is 12.5. The van der Waals surface area contributed by atoms with E-state index < -0.39 is 28.0 Å². The van der Waals surface area contributed by atoms with Crippen molar-refractivity contribution >= 4 is 17.6 Å². The highest BCUT2D eigenvalue weighted by Gasteiger charge is 2.45. The smallest absolute Gasteiger partial charge is 0.338 e. The molecule has 0 radical (unpaired) electrons. The van der Waals surface area contributed by atoms with Crippen LogP contribution < -0.4 is 5.73 Å². The number of carboxylic acids is 1. The lowest BCUT2D eigenvalue weighted by atomic mass is 9.91. The molecule has 120 valence electrons. The van der Waals surface area contributed by atoms with Gasteiger partial charge >= 0.3 is 11.9 Å². The molecule has 0 amide bonds. The van der Waals surface area contributed by atoms with Gasteiger partial charge < -0.3 is 15.6 Å². The van der Waals surface area contributed by atoms with Crippen LogP contribution in [-0.2, 0) is 20.7 Å². The number of non-ortho nitro benzene ring substituents is 1. The van der Waals surface area contributed by atoms with Crippen molar-refractivity contribution in [2.75, 3.05) is 0 Å². The first-order valence-electron chi connectivity index (χ1n) is 6.45. The fourth-order valence-corrected chi connectivity index (χ4v) is 1.66. The Bertz CT molecular complexity index is 590. The minimum absolute atomic E-state index is 0.140. The van der Waals surface area contributed by atoms with Gasteiger partial charge in [0.05, 0.1) is 4.92 Å². The minimum atomic E-state index is -2.26. The molecule has 0 aliphatic carbocycles. The summed E-state index contributed by atoms with van der Waals surface area (Å²) in [7, 11) is 0. The van der Waals surface area contributed by atoms with Crippen LogP contribution in [0.5, 0.6) is 0 Å². The largest absolute Gasteiger partial charge is 0.479 e. The normalized spacial score (nSPS) is 14.0. The number of ether oxygens (including phenoxy) is 1. The summed E-state index contributed by atoms with van der Waals surface area (Å²) in [6, 6.07) is 5.14. The van der Waals surface area contributed by atoms with Gasteiger partial charge in [-0.1, -0.05) is 12.1 Å². The van der Waals surface area contributed by atoms with E-state index in [-0.39, 0.29) is 12.1 Å². The van der Waals surface area contributed by atoms with E-state index in [1.165, 1.54) is 24.3 Å². The molecular weight excluding hydrogens is 292 g/mol. The number of benzene rings is 1. The zero-order chi connectivity index (χ0) is 17.1. The average Bonchev–Trinajstić information content (AvgIpc) is 2.36. The van der Waals surface area contributed by atoms with Gasteiger partial charge in [0.2, 0.25) is 5.54 Å². The molecule has 0 heterocycles. The predicted octanol–water partition coefficient (Wildman–Crippen LogP) is 1.26. The Labute approximate surface area is 127 Å². The van der Waals surface area contributed by atoms with E-state index in [0.29, 0.717) is 5.56 Å². The van der Waals surface area contributed by atoms with E-state index in [1.54, 1.807) is 20.8 Å². The summed E-state index contributed by atoms with van der Waals surface area (Å²) in [6.45, 7) is 4.79. The lowest BCUT2D eigenvalue weighted by molar-refractivity contribution is -0.384. The van der Waals surface area contributed by atoms with Crippen LogP contribution in [0, 0.1) is 10.1 Å². The quantitative estimate of drug-likeness (QED) is 0.362. The van der Waals surface area contributed by atoms with Gasteiger partial charge in [-0.3, -0.25) is 10.1 Å². The SMILES string of the molecule is CC(C)(C)OC(=O)[C@](N)(Cc1ccc([N+](=O)[O-])cc1)C(=O)O. The maximum absolute atomic E-state index is 12.1. The van der Waals surface area contributed by atoms with E-state index in [9.17, 15) is 24.8 Å². The van der Waals surface area contributed by atoms with Crippen LogP contribution in [0.15, 0.2) is 24.3 Å². The second-order valence-electron chi connectivity index (χ2n) is 5.88. The molecule has 0 aromatic heterocycles. The molecule has 0 unspecified atom stereocenters. The van der Waals surface area contributed by atoms with Crippen LogP contribution >= 0.6 is 0 Å². The van der Waals surface area contributed by atoms with Gasteiger partial charge in [0.15, 0.2) is 0 Å². The molecule has 1 aromatic carbocycles. The summed E-state index contributed by atoms with van der Waals surface area (Å²) < 4.78 is 5.05. The fourth-order valence-electron chi connectivity index (χ4n) is 1.66. The number of carbonyl (C=O) groups is 2. The number of nitrogens with zero attached hydrogens (tertiary/aromatic N) is 1. The fraction of sp³-hybridized carbons (Fsp3) is 0.429. The van der Waals surface area contributed by atoms with Crippen LogP contribution in [-0.4, -0.2) is 33.1 Å². The molecule has 0 saturated heterocycles. The molecule has 8 nitrogen and oxygen atoms in total. The van der Waals surface area contributed by atoms with Crippen LogP contribution in [0.4, 0.5) is 5.69 Å². The molecule has 22 heavy (non-hydrogen) atoms. The Hall–Kier alpha value is -2.48. The molecule has 1 rings (SSSR count). The molecule has 8 heteroatoms. The van der Waals surface area contributed by atoms with E-state index in [2.05, 4.69) is 0 Å². The number of carbonyl (C=O) groups excluding carboxylic acids is 1. The van der Waals surface area contributed by atoms with Crippen molar-refractivity contribution in [2.45, 2.75) is 38.3 Å². The highest BCUT2D eigenvalue weighted by Crippen LogP contribution is 2.20. The molecule has 0 aliphatic heterocycles. The molecule has 0 bridgehead atoms. The Balaban J connectivity index is 3.03. The van der Waals surface area contributed by atoms with Gasteiger partial charge in [0, 0.05) is 18.6 Å². The molecule has 1 aromatic rings. The van der Waals surface area contributed by atoms with Crippen molar-refractivity contribution in [1.82, 2.24) is 0 Å². The predicted molar refractivity (Wildman–Crippen MR) is 77.2 cm³/mol. The molecule has 0 saturated carbocycles. The van der Waals surface area contributed by atoms with Crippen molar-refractivity contribution < 1.29 is 24.4 Å². The third-order valence-corrected chi connectivity index (χ3v) is 2.77. The maximum Gasteiger partial charge on any atom is 0.338 e. The Morgan fingerprint density at radius 2 is 1.77 bits per heavy atom. The lowest BCUT2D eigenvalue weighted by Crippen LogP contribution is -2.58. The van der Waals surface area contributed by atoms with Crippen molar-refractivity contribution in [3.63, 3.8) is 0 Å². The number of nitro benzene ring substituents is 1. The number of esters is 1. The van der Waals surface area contributed by atoms with Crippen LogP contribution in [0.25, 0.3) is 0 Å². The van der Waals surface area contributed by atoms with Crippen LogP contribution in [0.2, 0.25) is 0 Å². The summed E-state index contributed by atoms with van der Waals surface area (Å²) in [5, 5.41) is 19.9. The van der Waals surface area contributed by atoms with Gasteiger partial charge in [-0.05, 0) is 26.3 Å². The second kappa shape index (κ2) is 6.10. The van der Waals surface area contributed by atoms with Crippen molar-refractivity contribution in [3.05, 3.63) is 39.9 Å². The third-order valence-electron chi connectivity index (χ3n) is 2.77. The monoisotopic (exact) mass is 310 g/mol. The van der Waals surface area contributed by atoms with Crippen molar-refractivity contribution in [3.8, 4) is 0 Å². The molecule has 0 aliphatic rings. The van der Waals surface area contributed by atoms with E-state index >= 15 is 0 Å². The highest BCUT2D eigenvalue weighted by atomic mass is 16.6. The van der Waals surface area contributed by atoms with E-state index in [4.69, 9.17) is 10.5 Å². The number of hydrogen-bond donors (Lipinski definition) is 2. The number of rotatable bonds is 5. The summed E-state index contributed by atoms with van der Waals surface area (Å²) in [5.41, 5.74) is 2.81. The minimum Gasteiger partial charge on any atom is -0.479 e. The maximum atomic E-state index is 12.1. The van der Waals surface area contributed by atoms with Gasteiger partial charge in [0.1, 0.15) is 5.60 Å². The van der Waals surface area contributed by atoms with Crippen molar-refractivity contribution in [1.29, 1.82) is 0 Å². The first kappa shape index (κ1) is 17.6. The Kier molecular flexibility index (Phi) is 4.87. The Morgan fingerprint density at radius 3 is 2.14 bits per heavy atom. The van der Waals surface area contributed by atoms with Crippen LogP contribution in [0.3, 0.4) is 0 Å². The van der Waals surface area contributed by atoms with Gasteiger partial charge in [-0.15, -0.1) is 0 Å². The number of nitro groups is 1. The summed E-state index contributed by atoms with van der Waals surface area (Å²) in [5.74, 6) is -2.59. The second-order valence-corrected chi connectivity index (χ2v) is 5.88. The molecule has 0 fully saturated rings. The topological polar surface area (TPSA) is 133 Å². The number of carboxylic acid groups (broad SMARTS) is 1. The van der Waals surface area contributed by atoms with Gasteiger partial charge in [-0.2, -0.15) is 0 Å². The van der Waals surface area contributed by atoms with Crippen LogP contribution in [0.1, 0.15) is 26.3 Å². The summed E-state index contributed by atoms with van der Waals surface area (Å²) in [4.78, 5) is 33.5. The highest BCUT2D eigenvalue weighted by molar-refractivity contribution is 6.04. The standard InChI is InChI=1S/C14H18N2O6/c1-13(2,3)22-12(19)14(15,11(17)18)8-9-4-6-10(7-5-9)16(20)21/h4-7H,8,15H2,1-3H3,(H,17,18)/t14-/m0/s1. The molecular formula is C14H18N2O6.